The summed E-state index contributed by atoms with van der Waals surface area (Å²) in [5, 5.41) is 3.96. The van der Waals surface area contributed by atoms with Gasteiger partial charge in [0.2, 0.25) is 15.9 Å². The van der Waals surface area contributed by atoms with Crippen LogP contribution in [0.15, 0.2) is 63.0 Å². The Kier molecular flexibility index (Phi) is 6.58. The molecule has 0 bridgehead atoms. The summed E-state index contributed by atoms with van der Waals surface area (Å²) in [6.45, 7) is 0.461. The molecule has 1 saturated heterocycles. The molecule has 1 N–H and O–H groups in total. The van der Waals surface area contributed by atoms with E-state index in [0.29, 0.717) is 12.8 Å². The lowest BCUT2D eigenvalue weighted by molar-refractivity contribution is -0.126. The number of halogens is 2. The zero-order valence-corrected chi connectivity index (χ0v) is 17.3. The molecule has 1 amide bonds. The minimum Gasteiger partial charge on any atom is -0.273 e. The number of piperidine rings is 1. The number of nitrogens with zero attached hydrogens (tertiary/aromatic N) is 2. The highest BCUT2D eigenvalue weighted by Gasteiger charge is 2.32. The highest BCUT2D eigenvalue weighted by Crippen LogP contribution is 2.24. The molecule has 1 heterocycles. The van der Waals surface area contributed by atoms with Gasteiger partial charge in [-0.2, -0.15) is 9.41 Å². The lowest BCUT2D eigenvalue weighted by atomic mass is 9.98. The third kappa shape index (κ3) is 5.03. The number of nitrogens with one attached hydrogen (secondary N) is 1. The maximum atomic E-state index is 13.0. The largest absolute Gasteiger partial charge is 0.273 e. The van der Waals surface area contributed by atoms with Crippen LogP contribution in [0.2, 0.25) is 0 Å². The second-order valence-corrected chi connectivity index (χ2v) is 9.27. The first kappa shape index (κ1) is 20.6. The van der Waals surface area contributed by atoms with Crippen LogP contribution in [-0.2, 0) is 14.8 Å². The van der Waals surface area contributed by atoms with Gasteiger partial charge in [-0.05, 0) is 54.8 Å². The lowest BCUT2D eigenvalue weighted by Gasteiger charge is -2.30. The molecule has 0 aliphatic carbocycles. The molecular formula is C19H19BrFN3O3S. The summed E-state index contributed by atoms with van der Waals surface area (Å²) >= 11 is 3.35. The summed E-state index contributed by atoms with van der Waals surface area (Å²) in [5.41, 5.74) is 3.37. The molecule has 1 fully saturated rings. The van der Waals surface area contributed by atoms with Crippen LogP contribution < -0.4 is 5.43 Å². The molecule has 2 aromatic carbocycles. The van der Waals surface area contributed by atoms with Crippen molar-refractivity contribution in [3.63, 3.8) is 0 Å². The van der Waals surface area contributed by atoms with Crippen molar-refractivity contribution in [3.8, 4) is 0 Å². The molecular weight excluding hydrogens is 449 g/mol. The van der Waals surface area contributed by atoms with Gasteiger partial charge in [-0.15, -0.1) is 0 Å². The number of hydrazone groups is 1. The third-order valence-corrected chi connectivity index (χ3v) is 6.98. The van der Waals surface area contributed by atoms with E-state index < -0.39 is 15.8 Å². The quantitative estimate of drug-likeness (QED) is 0.541. The molecule has 0 atom stereocenters. The maximum Gasteiger partial charge on any atom is 0.243 e. The number of benzene rings is 2. The van der Waals surface area contributed by atoms with Gasteiger partial charge in [0.25, 0.3) is 0 Å². The van der Waals surface area contributed by atoms with Gasteiger partial charge < -0.3 is 0 Å². The fraction of sp³-hybridized carbons (Fsp3) is 0.263. The second kappa shape index (κ2) is 8.93. The Morgan fingerprint density at radius 3 is 2.32 bits per heavy atom. The van der Waals surface area contributed by atoms with E-state index in [0.717, 1.165) is 22.2 Å². The minimum absolute atomic E-state index is 0.0518. The van der Waals surface area contributed by atoms with Crippen LogP contribution in [0.3, 0.4) is 0 Å². The monoisotopic (exact) mass is 467 g/mol. The van der Waals surface area contributed by atoms with Crippen LogP contribution in [0, 0.1) is 11.7 Å². The molecule has 2 aromatic rings. The predicted octanol–water partition coefficient (Wildman–Crippen LogP) is 3.14. The van der Waals surface area contributed by atoms with E-state index >= 15 is 0 Å². The number of hydrogen-bond donors (Lipinski definition) is 1. The maximum absolute atomic E-state index is 13.0. The van der Waals surface area contributed by atoms with E-state index in [4.69, 9.17) is 0 Å². The Balaban J connectivity index is 1.53. The van der Waals surface area contributed by atoms with Gasteiger partial charge >= 0.3 is 0 Å². The van der Waals surface area contributed by atoms with Gasteiger partial charge in [0, 0.05) is 23.5 Å². The number of sulfonamides is 1. The molecule has 0 radical (unpaired) electrons. The van der Waals surface area contributed by atoms with E-state index in [2.05, 4.69) is 26.5 Å². The lowest BCUT2D eigenvalue weighted by Crippen LogP contribution is -2.42. The van der Waals surface area contributed by atoms with Gasteiger partial charge in [-0.1, -0.05) is 28.1 Å². The molecule has 1 aliphatic heterocycles. The Morgan fingerprint density at radius 1 is 1.11 bits per heavy atom. The SMILES string of the molecule is O=C(N/N=C\c1ccc(Br)cc1)C1CCN(S(=O)(=O)c2ccc(F)cc2)CC1. The first-order valence-electron chi connectivity index (χ1n) is 8.70. The van der Waals surface area contributed by atoms with Crippen molar-refractivity contribution in [1.82, 2.24) is 9.73 Å². The summed E-state index contributed by atoms with van der Waals surface area (Å²) in [6, 6.07) is 12.2. The Labute approximate surface area is 171 Å². The van der Waals surface area contributed by atoms with Gasteiger partial charge in [0.1, 0.15) is 5.82 Å². The Morgan fingerprint density at radius 2 is 1.71 bits per heavy atom. The smallest absolute Gasteiger partial charge is 0.243 e. The standard InChI is InChI=1S/C19H19BrFN3O3S/c20-16-3-1-14(2-4-16)13-22-23-19(25)15-9-11-24(12-10-15)28(26,27)18-7-5-17(21)6-8-18/h1-8,13,15H,9-12H2,(H,23,25)/b22-13-. The van der Waals surface area contributed by atoms with E-state index in [1.54, 1.807) is 6.21 Å². The van der Waals surface area contributed by atoms with Crippen LogP contribution in [0.25, 0.3) is 0 Å². The summed E-state index contributed by atoms with van der Waals surface area (Å²) in [4.78, 5) is 12.3. The fourth-order valence-corrected chi connectivity index (χ4v) is 4.66. The summed E-state index contributed by atoms with van der Waals surface area (Å²) < 4.78 is 40.5. The second-order valence-electron chi connectivity index (χ2n) is 6.42. The first-order valence-corrected chi connectivity index (χ1v) is 10.9. The van der Waals surface area contributed by atoms with Crippen LogP contribution in [-0.4, -0.2) is 37.9 Å². The number of carbonyl (C=O) groups is 1. The molecule has 0 spiro atoms. The van der Waals surface area contributed by atoms with Crippen molar-refractivity contribution >= 4 is 38.1 Å². The van der Waals surface area contributed by atoms with Gasteiger partial charge in [-0.3, -0.25) is 4.79 Å². The average Bonchev–Trinajstić information content (AvgIpc) is 2.70. The first-order chi connectivity index (χ1) is 13.4. The molecule has 6 nitrogen and oxygen atoms in total. The number of rotatable bonds is 5. The predicted molar refractivity (Wildman–Crippen MR) is 108 cm³/mol. The number of carbonyl (C=O) groups excluding carboxylic acids is 1. The van der Waals surface area contributed by atoms with E-state index in [9.17, 15) is 17.6 Å². The molecule has 148 valence electrons. The highest BCUT2D eigenvalue weighted by molar-refractivity contribution is 9.10. The molecule has 0 unspecified atom stereocenters. The average molecular weight is 468 g/mol. The van der Waals surface area contributed by atoms with Gasteiger partial charge in [0.05, 0.1) is 11.1 Å². The van der Waals surface area contributed by atoms with Crippen LogP contribution in [0.4, 0.5) is 4.39 Å². The van der Waals surface area contributed by atoms with Crippen LogP contribution >= 0.6 is 15.9 Å². The summed E-state index contributed by atoms with van der Waals surface area (Å²) in [5.74, 6) is -1.02. The molecule has 1 aliphatic rings. The third-order valence-electron chi connectivity index (χ3n) is 4.53. The van der Waals surface area contributed by atoms with Crippen molar-refractivity contribution in [2.45, 2.75) is 17.7 Å². The van der Waals surface area contributed by atoms with Crippen LogP contribution in [0.1, 0.15) is 18.4 Å². The van der Waals surface area contributed by atoms with E-state index in [-0.39, 0.29) is 29.8 Å². The molecule has 28 heavy (non-hydrogen) atoms. The minimum atomic E-state index is -3.68. The molecule has 9 heteroatoms. The molecule has 0 saturated carbocycles. The van der Waals surface area contributed by atoms with Crippen molar-refractivity contribution in [2.24, 2.45) is 11.0 Å². The zero-order chi connectivity index (χ0) is 20.1. The van der Waals surface area contributed by atoms with Crippen molar-refractivity contribution < 1.29 is 17.6 Å². The van der Waals surface area contributed by atoms with E-state index in [1.807, 2.05) is 24.3 Å². The molecule has 3 rings (SSSR count). The van der Waals surface area contributed by atoms with Crippen molar-refractivity contribution in [1.29, 1.82) is 0 Å². The summed E-state index contributed by atoms with van der Waals surface area (Å²) in [7, 11) is -3.68. The number of amides is 1. The highest BCUT2D eigenvalue weighted by atomic mass is 79.9. The number of hydrogen-bond acceptors (Lipinski definition) is 4. The summed E-state index contributed by atoms with van der Waals surface area (Å²) in [6.07, 6.45) is 2.36. The van der Waals surface area contributed by atoms with Crippen molar-refractivity contribution in [2.75, 3.05) is 13.1 Å². The topological polar surface area (TPSA) is 78.8 Å². The van der Waals surface area contributed by atoms with Gasteiger partial charge in [0.15, 0.2) is 0 Å². The Bertz CT molecular complexity index is 955. The van der Waals surface area contributed by atoms with Gasteiger partial charge in [-0.25, -0.2) is 18.2 Å². The van der Waals surface area contributed by atoms with E-state index in [1.165, 1.54) is 16.4 Å². The van der Waals surface area contributed by atoms with Crippen molar-refractivity contribution in [3.05, 3.63) is 64.4 Å². The Hall–Kier alpha value is -2.10. The fourth-order valence-electron chi connectivity index (χ4n) is 2.92. The zero-order valence-electron chi connectivity index (χ0n) is 14.9. The molecule has 0 aromatic heterocycles. The van der Waals surface area contributed by atoms with Crippen LogP contribution in [0.5, 0.6) is 0 Å². The normalized spacial score (nSPS) is 16.4.